The van der Waals surface area contributed by atoms with Gasteiger partial charge in [-0.05, 0) is 12.0 Å². The van der Waals surface area contributed by atoms with Crippen LogP contribution in [0, 0.1) is 0 Å². The van der Waals surface area contributed by atoms with Gasteiger partial charge in [-0.3, -0.25) is 0 Å². The lowest BCUT2D eigenvalue weighted by molar-refractivity contribution is -0.140. The molecule has 1 aromatic carbocycles. The summed E-state index contributed by atoms with van der Waals surface area (Å²) in [6.45, 7) is 0. The van der Waals surface area contributed by atoms with E-state index in [4.69, 9.17) is 5.73 Å². The van der Waals surface area contributed by atoms with Crippen LogP contribution in [0.1, 0.15) is 23.1 Å². The van der Waals surface area contributed by atoms with Crippen LogP contribution < -0.4 is 5.73 Å². The first-order valence-corrected chi connectivity index (χ1v) is 5.38. The molecular formula is C12H12F3N3. The summed E-state index contributed by atoms with van der Waals surface area (Å²) in [6.07, 6.45) is -3.22. The smallest absolute Gasteiger partial charge is 0.337 e. The van der Waals surface area contributed by atoms with Crippen LogP contribution >= 0.6 is 0 Å². The number of nitrogens with two attached hydrogens (primary N) is 1. The van der Waals surface area contributed by atoms with E-state index in [2.05, 4.69) is 9.97 Å². The summed E-state index contributed by atoms with van der Waals surface area (Å²) in [4.78, 5) is 5.89. The predicted octanol–water partition coefficient (Wildman–Crippen LogP) is 2.67. The quantitative estimate of drug-likeness (QED) is 0.885. The Balaban J connectivity index is 2.10. The first kappa shape index (κ1) is 12.6. The van der Waals surface area contributed by atoms with E-state index in [0.717, 1.165) is 11.8 Å². The van der Waals surface area contributed by atoms with Gasteiger partial charge in [0, 0.05) is 0 Å². The highest BCUT2D eigenvalue weighted by molar-refractivity contribution is 5.18. The lowest BCUT2D eigenvalue weighted by Gasteiger charge is -2.09. The summed E-state index contributed by atoms with van der Waals surface area (Å²) in [5.74, 6) is 0.145. The highest BCUT2D eigenvalue weighted by atomic mass is 19.4. The molecule has 6 heteroatoms. The van der Waals surface area contributed by atoms with Crippen molar-refractivity contribution in [3.8, 4) is 0 Å². The van der Waals surface area contributed by atoms with Gasteiger partial charge in [0.1, 0.15) is 11.5 Å². The van der Waals surface area contributed by atoms with E-state index in [-0.39, 0.29) is 5.82 Å². The molecule has 0 aliphatic rings. The van der Waals surface area contributed by atoms with Gasteiger partial charge in [-0.15, -0.1) is 0 Å². The highest BCUT2D eigenvalue weighted by Crippen LogP contribution is 2.28. The second kappa shape index (κ2) is 4.81. The maximum Gasteiger partial charge on any atom is 0.432 e. The van der Waals surface area contributed by atoms with Crippen LogP contribution in [0.25, 0.3) is 0 Å². The summed E-state index contributed by atoms with van der Waals surface area (Å²) in [5.41, 5.74) is 5.90. The molecule has 1 aromatic heterocycles. The Hall–Kier alpha value is -1.82. The molecule has 3 nitrogen and oxygen atoms in total. The van der Waals surface area contributed by atoms with Crippen molar-refractivity contribution < 1.29 is 13.2 Å². The van der Waals surface area contributed by atoms with Crippen molar-refractivity contribution in [2.75, 3.05) is 0 Å². The van der Waals surface area contributed by atoms with Gasteiger partial charge in [-0.1, -0.05) is 30.3 Å². The number of aromatic nitrogens is 2. The number of benzene rings is 1. The third-order valence-corrected chi connectivity index (χ3v) is 2.55. The zero-order chi connectivity index (χ0) is 13.2. The minimum absolute atomic E-state index is 0.145. The molecule has 0 saturated carbocycles. The Morgan fingerprint density at radius 2 is 1.89 bits per heavy atom. The van der Waals surface area contributed by atoms with Gasteiger partial charge < -0.3 is 10.7 Å². The molecular weight excluding hydrogens is 243 g/mol. The van der Waals surface area contributed by atoms with Crippen molar-refractivity contribution in [1.29, 1.82) is 0 Å². The number of hydrogen-bond donors (Lipinski definition) is 2. The topological polar surface area (TPSA) is 54.7 Å². The largest absolute Gasteiger partial charge is 0.432 e. The summed E-state index contributed by atoms with van der Waals surface area (Å²) in [6, 6.07) is 8.73. The molecule has 2 aromatic rings. The van der Waals surface area contributed by atoms with Gasteiger partial charge in [0.25, 0.3) is 0 Å². The Labute approximate surface area is 102 Å². The SMILES string of the molecule is N[C@@H](Cc1ccccc1)c1ncc(C(F)(F)F)[nH]1. The van der Waals surface area contributed by atoms with Gasteiger partial charge >= 0.3 is 6.18 Å². The number of nitrogens with one attached hydrogen (secondary N) is 1. The van der Waals surface area contributed by atoms with Gasteiger partial charge in [-0.2, -0.15) is 13.2 Å². The van der Waals surface area contributed by atoms with Crippen LogP contribution in [-0.2, 0) is 12.6 Å². The molecule has 0 amide bonds. The molecule has 3 N–H and O–H groups in total. The van der Waals surface area contributed by atoms with Crippen LogP contribution in [0.2, 0.25) is 0 Å². The summed E-state index contributed by atoms with van der Waals surface area (Å²) >= 11 is 0. The second-order valence-electron chi connectivity index (χ2n) is 3.98. The van der Waals surface area contributed by atoms with E-state index in [1.807, 2.05) is 30.3 Å². The van der Waals surface area contributed by atoms with Crippen molar-refractivity contribution in [1.82, 2.24) is 9.97 Å². The van der Waals surface area contributed by atoms with Crippen molar-refractivity contribution in [3.05, 3.63) is 53.6 Å². The number of imidazole rings is 1. The minimum Gasteiger partial charge on any atom is -0.337 e. The minimum atomic E-state index is -4.42. The zero-order valence-corrected chi connectivity index (χ0v) is 9.41. The number of hydrogen-bond acceptors (Lipinski definition) is 2. The molecule has 96 valence electrons. The zero-order valence-electron chi connectivity index (χ0n) is 9.41. The van der Waals surface area contributed by atoms with Crippen LogP contribution in [0.15, 0.2) is 36.5 Å². The number of aromatic amines is 1. The van der Waals surface area contributed by atoms with Gasteiger partial charge in [0.2, 0.25) is 0 Å². The molecule has 0 fully saturated rings. The van der Waals surface area contributed by atoms with E-state index in [9.17, 15) is 13.2 Å². The molecule has 0 aliphatic heterocycles. The maximum atomic E-state index is 12.4. The van der Waals surface area contributed by atoms with Crippen LogP contribution in [0.3, 0.4) is 0 Å². The Morgan fingerprint density at radius 1 is 1.22 bits per heavy atom. The second-order valence-corrected chi connectivity index (χ2v) is 3.98. The van der Waals surface area contributed by atoms with Crippen molar-refractivity contribution in [3.63, 3.8) is 0 Å². The van der Waals surface area contributed by atoms with E-state index >= 15 is 0 Å². The van der Waals surface area contributed by atoms with Crippen molar-refractivity contribution in [2.45, 2.75) is 18.6 Å². The highest BCUT2D eigenvalue weighted by Gasteiger charge is 2.33. The van der Waals surface area contributed by atoms with Crippen LogP contribution in [-0.4, -0.2) is 9.97 Å². The molecule has 0 unspecified atom stereocenters. The van der Waals surface area contributed by atoms with Crippen molar-refractivity contribution in [2.24, 2.45) is 5.73 Å². The maximum absolute atomic E-state index is 12.4. The number of alkyl halides is 3. The van der Waals surface area contributed by atoms with E-state index < -0.39 is 17.9 Å². The molecule has 0 aliphatic carbocycles. The molecule has 2 rings (SSSR count). The molecule has 1 heterocycles. The Bertz CT molecular complexity index is 505. The van der Waals surface area contributed by atoms with E-state index in [1.165, 1.54) is 0 Å². The van der Waals surface area contributed by atoms with Crippen molar-refractivity contribution >= 4 is 0 Å². The molecule has 18 heavy (non-hydrogen) atoms. The lowest BCUT2D eigenvalue weighted by Crippen LogP contribution is -2.15. The summed E-state index contributed by atoms with van der Waals surface area (Å²) in [7, 11) is 0. The molecule has 0 saturated heterocycles. The predicted molar refractivity (Wildman–Crippen MR) is 60.7 cm³/mol. The summed E-state index contributed by atoms with van der Waals surface area (Å²) in [5, 5.41) is 0. The fraction of sp³-hybridized carbons (Fsp3) is 0.250. The van der Waals surface area contributed by atoms with Crippen LogP contribution in [0.4, 0.5) is 13.2 Å². The molecule has 0 bridgehead atoms. The number of H-pyrrole nitrogens is 1. The average molecular weight is 255 g/mol. The third kappa shape index (κ3) is 2.89. The van der Waals surface area contributed by atoms with Gasteiger partial charge in [0.05, 0.1) is 12.2 Å². The Kier molecular flexibility index (Phi) is 3.38. The van der Waals surface area contributed by atoms with Crippen LogP contribution in [0.5, 0.6) is 0 Å². The van der Waals surface area contributed by atoms with E-state index in [0.29, 0.717) is 6.42 Å². The fourth-order valence-electron chi connectivity index (χ4n) is 1.63. The monoisotopic (exact) mass is 255 g/mol. The standard InChI is InChI=1S/C12H12F3N3/c13-12(14,15)10-7-17-11(18-10)9(16)6-8-4-2-1-3-5-8/h1-5,7,9H,6,16H2,(H,17,18)/t9-/m0/s1. The normalized spacial score (nSPS) is 13.6. The molecule has 0 radical (unpaired) electrons. The number of halogens is 3. The van der Waals surface area contributed by atoms with Gasteiger partial charge in [-0.25, -0.2) is 4.98 Å². The molecule has 0 spiro atoms. The Morgan fingerprint density at radius 3 is 2.44 bits per heavy atom. The van der Waals surface area contributed by atoms with Gasteiger partial charge in [0.15, 0.2) is 0 Å². The number of rotatable bonds is 3. The third-order valence-electron chi connectivity index (χ3n) is 2.55. The average Bonchev–Trinajstić information content (AvgIpc) is 2.79. The molecule has 1 atom stereocenters. The first-order valence-electron chi connectivity index (χ1n) is 5.38. The lowest BCUT2D eigenvalue weighted by atomic mass is 10.1. The number of nitrogens with zero attached hydrogens (tertiary/aromatic N) is 1. The first-order chi connectivity index (χ1) is 8.47. The summed E-state index contributed by atoms with van der Waals surface area (Å²) < 4.78 is 37.1. The van der Waals surface area contributed by atoms with E-state index in [1.54, 1.807) is 0 Å². The fourth-order valence-corrected chi connectivity index (χ4v) is 1.63.